The molecule has 0 radical (unpaired) electrons. The Hall–Kier alpha value is -0.890. The summed E-state index contributed by atoms with van der Waals surface area (Å²) in [5.74, 6) is -0.174. The second-order valence-corrected chi connectivity index (χ2v) is 6.16. The van der Waals surface area contributed by atoms with Gasteiger partial charge in [-0.15, -0.1) is 0 Å². The van der Waals surface area contributed by atoms with Crippen LogP contribution in [0.5, 0.6) is 0 Å². The predicted octanol–water partition coefficient (Wildman–Crippen LogP) is 4.27. The number of hydrogen-bond donors (Lipinski definition) is 1. The summed E-state index contributed by atoms with van der Waals surface area (Å²) >= 11 is 0. The molecule has 0 fully saturated rings. The highest BCUT2D eigenvalue weighted by Gasteiger charge is 2.17. The number of hydrogen-bond acceptors (Lipinski definition) is 1. The fourth-order valence-electron chi connectivity index (χ4n) is 2.24. The number of benzene rings is 1. The zero-order chi connectivity index (χ0) is 13.2. The van der Waals surface area contributed by atoms with Crippen LogP contribution in [-0.4, -0.2) is 0 Å². The molecule has 17 heavy (non-hydrogen) atoms. The molecule has 1 aromatic rings. The van der Waals surface area contributed by atoms with Gasteiger partial charge in [-0.1, -0.05) is 20.8 Å². The highest BCUT2D eigenvalue weighted by Crippen LogP contribution is 2.29. The summed E-state index contributed by atoms with van der Waals surface area (Å²) in [6.45, 7) is 10.5. The summed E-state index contributed by atoms with van der Waals surface area (Å²) in [6, 6.07) is 3.15. The zero-order valence-corrected chi connectivity index (χ0v) is 11.6. The fraction of sp³-hybridized carbons (Fsp3) is 0.600. The maximum atomic E-state index is 13.2. The molecule has 1 nitrogen and oxygen atoms in total. The van der Waals surface area contributed by atoms with Gasteiger partial charge in [0.2, 0.25) is 0 Å². The van der Waals surface area contributed by atoms with Crippen LogP contribution in [-0.2, 0) is 0 Å². The largest absolute Gasteiger partial charge is 0.324 e. The molecule has 0 aliphatic rings. The van der Waals surface area contributed by atoms with Crippen molar-refractivity contribution in [2.45, 2.75) is 53.5 Å². The Morgan fingerprint density at radius 1 is 1.18 bits per heavy atom. The van der Waals surface area contributed by atoms with Crippen molar-refractivity contribution in [3.8, 4) is 0 Å². The molecule has 0 heterocycles. The van der Waals surface area contributed by atoms with Gasteiger partial charge < -0.3 is 5.73 Å². The Labute approximate surface area is 104 Å². The lowest BCUT2D eigenvalue weighted by Gasteiger charge is -2.23. The molecule has 0 aliphatic heterocycles. The van der Waals surface area contributed by atoms with Crippen LogP contribution in [0, 0.1) is 25.1 Å². The van der Waals surface area contributed by atoms with E-state index in [1.54, 1.807) is 12.1 Å². The van der Waals surface area contributed by atoms with Gasteiger partial charge in [0.1, 0.15) is 5.82 Å². The van der Waals surface area contributed by atoms with Crippen molar-refractivity contribution in [1.29, 1.82) is 0 Å². The molecule has 0 amide bonds. The minimum absolute atomic E-state index is 0.00910. The third kappa shape index (κ3) is 4.12. The van der Waals surface area contributed by atoms with E-state index in [1.807, 2.05) is 13.8 Å². The Bertz CT molecular complexity index is 367. The van der Waals surface area contributed by atoms with Gasteiger partial charge in [-0.05, 0) is 60.9 Å². The van der Waals surface area contributed by atoms with Crippen LogP contribution >= 0.6 is 0 Å². The minimum atomic E-state index is -0.174. The van der Waals surface area contributed by atoms with Crippen molar-refractivity contribution in [1.82, 2.24) is 0 Å². The van der Waals surface area contributed by atoms with Crippen LogP contribution in [0.25, 0.3) is 0 Å². The molecule has 0 saturated heterocycles. The van der Waals surface area contributed by atoms with Crippen LogP contribution in [0.3, 0.4) is 0 Å². The van der Waals surface area contributed by atoms with Gasteiger partial charge in [-0.25, -0.2) is 4.39 Å². The van der Waals surface area contributed by atoms with Gasteiger partial charge >= 0.3 is 0 Å². The van der Waals surface area contributed by atoms with E-state index in [2.05, 4.69) is 20.8 Å². The summed E-state index contributed by atoms with van der Waals surface area (Å²) < 4.78 is 13.2. The van der Waals surface area contributed by atoms with E-state index in [0.717, 1.165) is 29.5 Å². The molecular formula is C15H24FN. The fourth-order valence-corrected chi connectivity index (χ4v) is 2.24. The molecule has 1 rings (SSSR count). The second kappa shape index (κ2) is 5.18. The Morgan fingerprint density at radius 2 is 1.65 bits per heavy atom. The average Bonchev–Trinajstić information content (AvgIpc) is 2.11. The normalized spacial score (nSPS) is 13.8. The average molecular weight is 237 g/mol. The van der Waals surface area contributed by atoms with Crippen molar-refractivity contribution < 1.29 is 4.39 Å². The van der Waals surface area contributed by atoms with E-state index in [0.29, 0.717) is 5.41 Å². The van der Waals surface area contributed by atoms with E-state index in [4.69, 9.17) is 5.73 Å². The lowest BCUT2D eigenvalue weighted by Crippen LogP contribution is -2.17. The van der Waals surface area contributed by atoms with Crippen LogP contribution < -0.4 is 5.73 Å². The van der Waals surface area contributed by atoms with Gasteiger partial charge in [0.15, 0.2) is 0 Å². The SMILES string of the molecule is Cc1cc(F)cc(C)c1C(N)CCC(C)(C)C. The maximum absolute atomic E-state index is 13.2. The van der Waals surface area contributed by atoms with E-state index in [9.17, 15) is 4.39 Å². The molecular weight excluding hydrogens is 213 g/mol. The molecule has 2 N–H and O–H groups in total. The predicted molar refractivity (Wildman–Crippen MR) is 71.5 cm³/mol. The van der Waals surface area contributed by atoms with Crippen molar-refractivity contribution >= 4 is 0 Å². The first-order valence-corrected chi connectivity index (χ1v) is 6.23. The van der Waals surface area contributed by atoms with Crippen LogP contribution in [0.2, 0.25) is 0 Å². The molecule has 0 bridgehead atoms. The number of nitrogens with two attached hydrogens (primary N) is 1. The molecule has 0 spiro atoms. The highest BCUT2D eigenvalue weighted by atomic mass is 19.1. The van der Waals surface area contributed by atoms with Crippen LogP contribution in [0.15, 0.2) is 12.1 Å². The molecule has 1 atom stereocenters. The second-order valence-electron chi connectivity index (χ2n) is 6.16. The van der Waals surface area contributed by atoms with Crippen molar-refractivity contribution in [2.24, 2.45) is 11.1 Å². The first-order chi connectivity index (χ1) is 7.70. The lowest BCUT2D eigenvalue weighted by molar-refractivity contribution is 0.349. The molecule has 2 heteroatoms. The van der Waals surface area contributed by atoms with Gasteiger partial charge in [-0.2, -0.15) is 0 Å². The Morgan fingerprint density at radius 3 is 2.06 bits per heavy atom. The third-order valence-corrected chi connectivity index (χ3v) is 3.13. The molecule has 1 unspecified atom stereocenters. The van der Waals surface area contributed by atoms with Crippen molar-refractivity contribution in [3.05, 3.63) is 34.6 Å². The van der Waals surface area contributed by atoms with Gasteiger partial charge in [0.05, 0.1) is 0 Å². The van der Waals surface area contributed by atoms with Gasteiger partial charge in [-0.3, -0.25) is 0 Å². The van der Waals surface area contributed by atoms with Crippen molar-refractivity contribution in [3.63, 3.8) is 0 Å². The van der Waals surface area contributed by atoms with Gasteiger partial charge in [0, 0.05) is 6.04 Å². The number of aryl methyl sites for hydroxylation is 2. The summed E-state index contributed by atoms with van der Waals surface area (Å²) in [5, 5.41) is 0. The maximum Gasteiger partial charge on any atom is 0.123 e. The highest BCUT2D eigenvalue weighted by molar-refractivity contribution is 5.36. The Balaban J connectivity index is 2.86. The van der Waals surface area contributed by atoms with E-state index < -0.39 is 0 Å². The minimum Gasteiger partial charge on any atom is -0.324 e. The van der Waals surface area contributed by atoms with E-state index >= 15 is 0 Å². The van der Waals surface area contributed by atoms with E-state index in [-0.39, 0.29) is 11.9 Å². The summed E-state index contributed by atoms with van der Waals surface area (Å²) in [5.41, 5.74) is 9.55. The first-order valence-electron chi connectivity index (χ1n) is 6.23. The number of rotatable bonds is 3. The smallest absolute Gasteiger partial charge is 0.123 e. The van der Waals surface area contributed by atoms with Crippen LogP contribution in [0.1, 0.15) is 56.3 Å². The monoisotopic (exact) mass is 237 g/mol. The summed E-state index contributed by atoms with van der Waals surface area (Å²) in [6.07, 6.45) is 2.02. The topological polar surface area (TPSA) is 26.0 Å². The number of halogens is 1. The van der Waals surface area contributed by atoms with Crippen molar-refractivity contribution in [2.75, 3.05) is 0 Å². The van der Waals surface area contributed by atoms with Gasteiger partial charge in [0.25, 0.3) is 0 Å². The molecule has 96 valence electrons. The Kier molecular flexibility index (Phi) is 4.31. The molecule has 0 aromatic heterocycles. The zero-order valence-electron chi connectivity index (χ0n) is 11.6. The van der Waals surface area contributed by atoms with Crippen LogP contribution in [0.4, 0.5) is 4.39 Å². The summed E-state index contributed by atoms with van der Waals surface area (Å²) in [7, 11) is 0. The standard InChI is InChI=1S/C15H24FN/c1-10-8-12(16)9-11(2)14(10)13(17)6-7-15(3,4)5/h8-9,13H,6-7,17H2,1-5H3. The third-order valence-electron chi connectivity index (χ3n) is 3.13. The molecule has 1 aromatic carbocycles. The quantitative estimate of drug-likeness (QED) is 0.834. The lowest BCUT2D eigenvalue weighted by atomic mass is 9.85. The summed E-state index contributed by atoms with van der Waals surface area (Å²) in [4.78, 5) is 0. The first kappa shape index (κ1) is 14.2. The molecule has 0 aliphatic carbocycles. The van der Waals surface area contributed by atoms with E-state index in [1.165, 1.54) is 0 Å². The molecule has 0 saturated carbocycles.